The number of rotatable bonds is 7. The standard InChI is InChI=1S/2C6H13NO2.C3H9N/c1-4(2)3-5(7)6(8)9;1-3-4(2)5(7)6(8)9;1-2-3-4/h2*4-5H,3,7H2,1-2H3,(H,8,9);2-4H2,1H3/t5-;4-,5-;/m00./s1. The van der Waals surface area contributed by atoms with E-state index < -0.39 is 24.0 Å². The van der Waals surface area contributed by atoms with Crippen molar-refractivity contribution in [1.82, 2.24) is 0 Å². The molecule has 0 aromatic heterocycles. The molecule has 0 aliphatic rings. The van der Waals surface area contributed by atoms with Crippen molar-refractivity contribution >= 4 is 11.9 Å². The highest BCUT2D eigenvalue weighted by molar-refractivity contribution is 5.73. The molecule has 0 aromatic rings. The van der Waals surface area contributed by atoms with E-state index in [9.17, 15) is 9.59 Å². The summed E-state index contributed by atoms with van der Waals surface area (Å²) >= 11 is 0. The lowest BCUT2D eigenvalue weighted by molar-refractivity contribution is -0.140. The molecule has 0 bridgehead atoms. The van der Waals surface area contributed by atoms with E-state index in [1.165, 1.54) is 0 Å². The van der Waals surface area contributed by atoms with Gasteiger partial charge in [-0.3, -0.25) is 9.59 Å². The van der Waals surface area contributed by atoms with Crippen LogP contribution in [0.15, 0.2) is 0 Å². The van der Waals surface area contributed by atoms with Gasteiger partial charge in [-0.05, 0) is 31.2 Å². The second-order valence-electron chi connectivity index (χ2n) is 5.61. The highest BCUT2D eigenvalue weighted by Gasteiger charge is 2.17. The van der Waals surface area contributed by atoms with Gasteiger partial charge in [0.1, 0.15) is 12.1 Å². The number of aliphatic carboxylic acids is 2. The summed E-state index contributed by atoms with van der Waals surface area (Å²) < 4.78 is 0. The van der Waals surface area contributed by atoms with Gasteiger partial charge in [-0.25, -0.2) is 0 Å². The van der Waals surface area contributed by atoms with Gasteiger partial charge in [-0.2, -0.15) is 0 Å². The van der Waals surface area contributed by atoms with Crippen molar-refractivity contribution in [3.63, 3.8) is 0 Å². The summed E-state index contributed by atoms with van der Waals surface area (Å²) in [5, 5.41) is 16.7. The zero-order chi connectivity index (χ0) is 18.3. The Morgan fingerprint density at radius 1 is 1.00 bits per heavy atom. The molecule has 0 spiro atoms. The maximum Gasteiger partial charge on any atom is 0.320 e. The highest BCUT2D eigenvalue weighted by atomic mass is 16.4. The number of hydrogen-bond acceptors (Lipinski definition) is 5. The second kappa shape index (κ2) is 16.2. The summed E-state index contributed by atoms with van der Waals surface area (Å²) in [7, 11) is 0. The van der Waals surface area contributed by atoms with Gasteiger partial charge in [-0.15, -0.1) is 0 Å². The normalized spacial score (nSPS) is 13.9. The largest absolute Gasteiger partial charge is 0.480 e. The minimum Gasteiger partial charge on any atom is -0.480 e. The lowest BCUT2D eigenvalue weighted by Gasteiger charge is -2.11. The number of carbonyl (C=O) groups is 2. The van der Waals surface area contributed by atoms with Crippen molar-refractivity contribution in [2.24, 2.45) is 29.0 Å². The van der Waals surface area contributed by atoms with E-state index in [1.807, 2.05) is 27.7 Å². The number of carboxylic acid groups (broad SMARTS) is 2. The molecule has 0 rings (SSSR count). The Bertz CT molecular complexity index is 284. The third-order valence-electron chi connectivity index (χ3n) is 2.87. The maximum absolute atomic E-state index is 10.2. The van der Waals surface area contributed by atoms with Crippen LogP contribution in [0.3, 0.4) is 0 Å². The van der Waals surface area contributed by atoms with Gasteiger partial charge in [0.15, 0.2) is 0 Å². The average Bonchev–Trinajstić information content (AvgIpc) is 2.45. The molecule has 0 aromatic carbocycles. The van der Waals surface area contributed by atoms with Crippen molar-refractivity contribution in [2.75, 3.05) is 6.54 Å². The lowest BCUT2D eigenvalue weighted by atomic mass is 10.0. The highest BCUT2D eigenvalue weighted by Crippen LogP contribution is 2.04. The molecule has 134 valence electrons. The molecule has 7 heteroatoms. The van der Waals surface area contributed by atoms with Crippen LogP contribution in [0.4, 0.5) is 0 Å². The molecule has 0 saturated carbocycles. The van der Waals surface area contributed by atoms with Crippen LogP contribution >= 0.6 is 0 Å². The van der Waals surface area contributed by atoms with E-state index in [0.29, 0.717) is 12.3 Å². The molecule has 3 atom stereocenters. The molecule has 0 heterocycles. The molecule has 0 unspecified atom stereocenters. The van der Waals surface area contributed by atoms with Crippen LogP contribution in [0.25, 0.3) is 0 Å². The van der Waals surface area contributed by atoms with Crippen LogP contribution < -0.4 is 17.2 Å². The van der Waals surface area contributed by atoms with Crippen molar-refractivity contribution in [1.29, 1.82) is 0 Å². The quantitative estimate of drug-likeness (QED) is 0.473. The van der Waals surface area contributed by atoms with E-state index in [-0.39, 0.29) is 5.92 Å². The Morgan fingerprint density at radius 2 is 1.41 bits per heavy atom. The first-order chi connectivity index (χ1) is 10.0. The average molecular weight is 321 g/mol. The van der Waals surface area contributed by atoms with E-state index in [0.717, 1.165) is 19.4 Å². The Kier molecular flexibility index (Phi) is 19.0. The van der Waals surface area contributed by atoms with Crippen LogP contribution in [0, 0.1) is 11.8 Å². The van der Waals surface area contributed by atoms with Gasteiger partial charge in [0, 0.05) is 0 Å². The number of nitrogens with two attached hydrogens (primary N) is 3. The third kappa shape index (κ3) is 18.8. The summed E-state index contributed by atoms with van der Waals surface area (Å²) in [5.74, 6) is -1.40. The van der Waals surface area contributed by atoms with Crippen LogP contribution in [0.1, 0.15) is 53.9 Å². The summed E-state index contributed by atoms with van der Waals surface area (Å²) in [6, 6.07) is -1.39. The van der Waals surface area contributed by atoms with Crippen molar-refractivity contribution in [3.8, 4) is 0 Å². The first kappa shape index (κ1) is 25.8. The predicted octanol–water partition coefficient (Wildman–Crippen LogP) is 1.24. The minimum absolute atomic E-state index is 0.0718. The zero-order valence-corrected chi connectivity index (χ0v) is 14.6. The molecule has 0 aliphatic carbocycles. The van der Waals surface area contributed by atoms with Crippen LogP contribution in [-0.4, -0.2) is 40.8 Å². The molecule has 0 fully saturated rings. The van der Waals surface area contributed by atoms with Crippen molar-refractivity contribution in [2.45, 2.75) is 66.0 Å². The van der Waals surface area contributed by atoms with E-state index >= 15 is 0 Å². The minimum atomic E-state index is -0.913. The lowest BCUT2D eigenvalue weighted by Crippen LogP contribution is -2.36. The molecule has 0 radical (unpaired) electrons. The fourth-order valence-electron chi connectivity index (χ4n) is 1.11. The Hall–Kier alpha value is -1.18. The van der Waals surface area contributed by atoms with Gasteiger partial charge >= 0.3 is 11.9 Å². The summed E-state index contributed by atoms with van der Waals surface area (Å²) in [5.41, 5.74) is 15.5. The fourth-order valence-corrected chi connectivity index (χ4v) is 1.11. The van der Waals surface area contributed by atoms with E-state index in [1.54, 1.807) is 0 Å². The Morgan fingerprint density at radius 3 is 1.50 bits per heavy atom. The van der Waals surface area contributed by atoms with Gasteiger partial charge in [0.2, 0.25) is 0 Å². The zero-order valence-electron chi connectivity index (χ0n) is 14.6. The predicted molar refractivity (Wildman–Crippen MR) is 89.5 cm³/mol. The second-order valence-corrected chi connectivity index (χ2v) is 5.61. The summed E-state index contributed by atoms with van der Waals surface area (Å²) in [4.78, 5) is 20.3. The van der Waals surface area contributed by atoms with Crippen molar-refractivity contribution < 1.29 is 19.8 Å². The molecule has 22 heavy (non-hydrogen) atoms. The third-order valence-corrected chi connectivity index (χ3v) is 2.87. The smallest absolute Gasteiger partial charge is 0.320 e. The van der Waals surface area contributed by atoms with Crippen molar-refractivity contribution in [3.05, 3.63) is 0 Å². The first-order valence-corrected chi connectivity index (χ1v) is 7.71. The number of hydrogen-bond donors (Lipinski definition) is 5. The molecule has 0 saturated heterocycles. The fraction of sp³-hybridized carbons (Fsp3) is 0.867. The molecule has 0 amide bonds. The van der Waals surface area contributed by atoms with Crippen LogP contribution in [0.2, 0.25) is 0 Å². The summed E-state index contributed by atoms with van der Waals surface area (Å²) in [6.45, 7) is 10.5. The van der Waals surface area contributed by atoms with E-state index in [4.69, 9.17) is 27.4 Å². The van der Waals surface area contributed by atoms with E-state index in [2.05, 4.69) is 6.92 Å². The van der Waals surface area contributed by atoms with Gasteiger partial charge < -0.3 is 27.4 Å². The first-order valence-electron chi connectivity index (χ1n) is 7.71. The van der Waals surface area contributed by atoms with Gasteiger partial charge in [-0.1, -0.05) is 41.0 Å². The molecule has 0 aliphatic heterocycles. The van der Waals surface area contributed by atoms with Crippen LogP contribution in [0.5, 0.6) is 0 Å². The molecular formula is C15H35N3O4. The SMILES string of the molecule is CC(C)C[C@H](N)C(=O)O.CCCN.CC[C@H](C)[C@H](N)C(=O)O. The molecule has 8 N–H and O–H groups in total. The monoisotopic (exact) mass is 321 g/mol. The van der Waals surface area contributed by atoms with Gasteiger partial charge in [0.25, 0.3) is 0 Å². The maximum atomic E-state index is 10.2. The Labute approximate surface area is 134 Å². The van der Waals surface area contributed by atoms with Crippen LogP contribution in [-0.2, 0) is 9.59 Å². The number of carboxylic acids is 2. The molecule has 7 nitrogen and oxygen atoms in total. The Balaban J connectivity index is -0.000000266. The summed E-state index contributed by atoms with van der Waals surface area (Å²) in [6.07, 6.45) is 2.46. The topological polar surface area (TPSA) is 153 Å². The van der Waals surface area contributed by atoms with Gasteiger partial charge in [0.05, 0.1) is 0 Å². The molecular weight excluding hydrogens is 286 g/mol.